The number of hydrogen-bond donors (Lipinski definition) is 0. The summed E-state index contributed by atoms with van der Waals surface area (Å²) in [6, 6.07) is 12.0. The number of methoxy groups -OCH3 is 1. The van der Waals surface area contributed by atoms with E-state index < -0.39 is 0 Å². The highest BCUT2D eigenvalue weighted by atomic mass is 16.5. The van der Waals surface area contributed by atoms with Gasteiger partial charge in [-0.05, 0) is 24.3 Å². The van der Waals surface area contributed by atoms with E-state index in [0.717, 1.165) is 37.5 Å². The van der Waals surface area contributed by atoms with Gasteiger partial charge in [-0.25, -0.2) is 0 Å². The minimum Gasteiger partial charge on any atom is -0.497 e. The first-order valence-corrected chi connectivity index (χ1v) is 8.66. The van der Waals surface area contributed by atoms with Crippen LogP contribution in [0, 0.1) is 0 Å². The maximum absolute atomic E-state index is 5.40. The van der Waals surface area contributed by atoms with Crippen molar-refractivity contribution in [1.82, 2.24) is 20.0 Å². The number of piperazine rings is 1. The molecule has 1 aliphatic heterocycles. The Balaban J connectivity index is 1.35. The molecule has 0 bridgehead atoms. The van der Waals surface area contributed by atoms with Crippen molar-refractivity contribution < 1.29 is 9.26 Å². The Bertz CT molecular complexity index is 844. The van der Waals surface area contributed by atoms with Gasteiger partial charge in [0.2, 0.25) is 11.7 Å². The van der Waals surface area contributed by atoms with E-state index in [0.29, 0.717) is 18.3 Å². The summed E-state index contributed by atoms with van der Waals surface area (Å²) in [4.78, 5) is 13.3. The summed E-state index contributed by atoms with van der Waals surface area (Å²) in [5, 5.41) is 4.06. The second-order valence-corrected chi connectivity index (χ2v) is 6.22. The topological polar surface area (TPSA) is 67.5 Å². The van der Waals surface area contributed by atoms with Gasteiger partial charge in [-0.3, -0.25) is 9.88 Å². The minimum atomic E-state index is 0.586. The standard InChI is InChI=1S/C19H21N5O2/c1-25-17-6-2-5-16(12-17)24-10-8-23(9-11-24)14-18-21-19(22-26-18)15-4-3-7-20-13-15/h2-7,12-13H,8-11,14H2,1H3. The monoisotopic (exact) mass is 351 g/mol. The second kappa shape index (κ2) is 7.53. The number of ether oxygens (including phenoxy) is 1. The smallest absolute Gasteiger partial charge is 0.241 e. The van der Waals surface area contributed by atoms with Crippen molar-refractivity contribution >= 4 is 5.69 Å². The van der Waals surface area contributed by atoms with E-state index >= 15 is 0 Å². The van der Waals surface area contributed by atoms with Crippen LogP contribution in [0.1, 0.15) is 5.89 Å². The molecule has 7 nitrogen and oxygen atoms in total. The van der Waals surface area contributed by atoms with Crippen LogP contribution in [0.2, 0.25) is 0 Å². The molecule has 0 saturated carbocycles. The van der Waals surface area contributed by atoms with Crippen molar-refractivity contribution in [3.63, 3.8) is 0 Å². The van der Waals surface area contributed by atoms with E-state index in [9.17, 15) is 0 Å². The minimum absolute atomic E-state index is 0.586. The molecule has 0 N–H and O–H groups in total. The van der Waals surface area contributed by atoms with Gasteiger partial charge in [0.1, 0.15) is 5.75 Å². The number of pyridine rings is 1. The molecule has 134 valence electrons. The van der Waals surface area contributed by atoms with Gasteiger partial charge < -0.3 is 14.2 Å². The van der Waals surface area contributed by atoms with E-state index in [2.05, 4.69) is 37.1 Å². The van der Waals surface area contributed by atoms with Crippen LogP contribution in [0.4, 0.5) is 5.69 Å². The molecular weight excluding hydrogens is 330 g/mol. The van der Waals surface area contributed by atoms with Crippen LogP contribution >= 0.6 is 0 Å². The highest BCUT2D eigenvalue weighted by Crippen LogP contribution is 2.22. The first-order chi connectivity index (χ1) is 12.8. The van der Waals surface area contributed by atoms with Crippen LogP contribution in [-0.4, -0.2) is 53.3 Å². The summed E-state index contributed by atoms with van der Waals surface area (Å²) in [5.74, 6) is 2.11. The zero-order valence-electron chi connectivity index (χ0n) is 14.7. The predicted octanol–water partition coefficient (Wildman–Crippen LogP) is 2.46. The summed E-state index contributed by atoms with van der Waals surface area (Å²) in [6.07, 6.45) is 3.47. The van der Waals surface area contributed by atoms with E-state index in [1.165, 1.54) is 5.69 Å². The lowest BCUT2D eigenvalue weighted by atomic mass is 10.2. The van der Waals surface area contributed by atoms with Gasteiger partial charge in [-0.2, -0.15) is 4.98 Å². The van der Waals surface area contributed by atoms with Crippen molar-refractivity contribution in [1.29, 1.82) is 0 Å². The van der Waals surface area contributed by atoms with Crippen molar-refractivity contribution in [3.05, 3.63) is 54.7 Å². The summed E-state index contributed by atoms with van der Waals surface area (Å²) in [6.45, 7) is 4.47. The third kappa shape index (κ3) is 3.67. The molecule has 1 saturated heterocycles. The molecule has 0 atom stereocenters. The molecule has 26 heavy (non-hydrogen) atoms. The Morgan fingerprint density at radius 2 is 2.00 bits per heavy atom. The number of nitrogens with zero attached hydrogens (tertiary/aromatic N) is 5. The number of rotatable bonds is 5. The van der Waals surface area contributed by atoms with E-state index in [4.69, 9.17) is 9.26 Å². The van der Waals surface area contributed by atoms with E-state index in [1.807, 2.05) is 24.3 Å². The van der Waals surface area contributed by atoms with Gasteiger partial charge in [0, 0.05) is 55.9 Å². The van der Waals surface area contributed by atoms with Crippen LogP contribution < -0.4 is 9.64 Å². The van der Waals surface area contributed by atoms with Crippen molar-refractivity contribution in [2.24, 2.45) is 0 Å². The van der Waals surface area contributed by atoms with Crippen molar-refractivity contribution in [3.8, 4) is 17.1 Å². The fourth-order valence-electron chi connectivity index (χ4n) is 3.09. The Kier molecular flexibility index (Phi) is 4.79. The molecule has 3 heterocycles. The average molecular weight is 351 g/mol. The SMILES string of the molecule is COc1cccc(N2CCN(Cc3nc(-c4cccnc4)no3)CC2)c1. The van der Waals surface area contributed by atoms with E-state index in [-0.39, 0.29) is 0 Å². The van der Waals surface area contributed by atoms with Crippen molar-refractivity contribution in [2.45, 2.75) is 6.54 Å². The Labute approximate surface area is 152 Å². The summed E-state index contributed by atoms with van der Waals surface area (Å²) >= 11 is 0. The molecular formula is C19H21N5O2. The third-order valence-corrected chi connectivity index (χ3v) is 4.54. The van der Waals surface area contributed by atoms with Crippen LogP contribution in [0.3, 0.4) is 0 Å². The van der Waals surface area contributed by atoms with Gasteiger partial charge in [0.15, 0.2) is 0 Å². The molecule has 0 aliphatic carbocycles. The van der Waals surface area contributed by atoms with Crippen LogP contribution in [-0.2, 0) is 6.54 Å². The van der Waals surface area contributed by atoms with E-state index in [1.54, 1.807) is 19.5 Å². The largest absolute Gasteiger partial charge is 0.497 e. The summed E-state index contributed by atoms with van der Waals surface area (Å²) in [7, 11) is 1.70. The molecule has 1 aliphatic rings. The average Bonchev–Trinajstić information content (AvgIpc) is 3.18. The molecule has 0 amide bonds. The Morgan fingerprint density at radius 3 is 2.77 bits per heavy atom. The molecule has 7 heteroatoms. The number of benzene rings is 1. The summed E-state index contributed by atoms with van der Waals surface area (Å²) < 4.78 is 10.7. The van der Waals surface area contributed by atoms with Gasteiger partial charge in [-0.15, -0.1) is 0 Å². The quantitative estimate of drug-likeness (QED) is 0.699. The van der Waals surface area contributed by atoms with Gasteiger partial charge in [-0.1, -0.05) is 11.2 Å². The molecule has 1 fully saturated rings. The third-order valence-electron chi connectivity index (χ3n) is 4.54. The molecule has 4 rings (SSSR count). The van der Waals surface area contributed by atoms with Crippen LogP contribution in [0.5, 0.6) is 5.75 Å². The lowest BCUT2D eigenvalue weighted by Crippen LogP contribution is -2.46. The normalized spacial score (nSPS) is 15.2. The molecule has 3 aromatic rings. The van der Waals surface area contributed by atoms with Gasteiger partial charge >= 0.3 is 0 Å². The highest BCUT2D eigenvalue weighted by Gasteiger charge is 2.20. The van der Waals surface area contributed by atoms with Crippen LogP contribution in [0.15, 0.2) is 53.3 Å². The number of aromatic nitrogens is 3. The summed E-state index contributed by atoms with van der Waals surface area (Å²) in [5.41, 5.74) is 2.06. The molecule has 0 spiro atoms. The Hall–Kier alpha value is -2.93. The molecule has 0 unspecified atom stereocenters. The zero-order valence-corrected chi connectivity index (χ0v) is 14.7. The van der Waals surface area contributed by atoms with Crippen LogP contribution in [0.25, 0.3) is 11.4 Å². The first kappa shape index (κ1) is 16.5. The van der Waals surface area contributed by atoms with Crippen molar-refractivity contribution in [2.75, 3.05) is 38.2 Å². The zero-order chi connectivity index (χ0) is 17.8. The van der Waals surface area contributed by atoms with Gasteiger partial charge in [0.05, 0.1) is 13.7 Å². The molecule has 1 aromatic carbocycles. The fourth-order valence-corrected chi connectivity index (χ4v) is 3.09. The maximum atomic E-state index is 5.40. The lowest BCUT2D eigenvalue weighted by Gasteiger charge is -2.35. The number of hydrogen-bond acceptors (Lipinski definition) is 7. The molecule has 2 aromatic heterocycles. The van der Waals surface area contributed by atoms with Gasteiger partial charge in [0.25, 0.3) is 0 Å². The fraction of sp³-hybridized carbons (Fsp3) is 0.316. The molecule has 0 radical (unpaired) electrons. The highest BCUT2D eigenvalue weighted by molar-refractivity contribution is 5.52. The number of anilines is 1. The first-order valence-electron chi connectivity index (χ1n) is 8.66. The maximum Gasteiger partial charge on any atom is 0.241 e. The second-order valence-electron chi connectivity index (χ2n) is 6.22. The lowest BCUT2D eigenvalue weighted by molar-refractivity contribution is 0.215. The predicted molar refractivity (Wildman–Crippen MR) is 98.0 cm³/mol. The Morgan fingerprint density at radius 1 is 1.12 bits per heavy atom.